The minimum Gasteiger partial charge on any atom is -0.342 e. The van der Waals surface area contributed by atoms with Crippen LogP contribution in [0.5, 0.6) is 0 Å². The molecule has 0 unspecified atom stereocenters. The zero-order valence-electron chi connectivity index (χ0n) is 8.73. The van der Waals surface area contributed by atoms with Crippen LogP contribution in [0.25, 0.3) is 11.6 Å². The van der Waals surface area contributed by atoms with Gasteiger partial charge in [0.1, 0.15) is 17.5 Å². The molecule has 2 rings (SSSR count). The predicted octanol–water partition coefficient (Wildman–Crippen LogP) is 2.19. The van der Waals surface area contributed by atoms with Crippen molar-refractivity contribution in [2.75, 3.05) is 5.75 Å². The summed E-state index contributed by atoms with van der Waals surface area (Å²) >= 11 is 1.73. The van der Waals surface area contributed by atoms with Crippen molar-refractivity contribution in [3.63, 3.8) is 0 Å². The zero-order valence-corrected chi connectivity index (χ0v) is 9.54. The Morgan fingerprint density at radius 3 is 3.12 bits per heavy atom. The van der Waals surface area contributed by atoms with E-state index in [0.717, 1.165) is 11.5 Å². The van der Waals surface area contributed by atoms with E-state index >= 15 is 0 Å². The molecule has 2 aromatic heterocycles. The molecular formula is C10H10N4OS. The van der Waals surface area contributed by atoms with Gasteiger partial charge in [0.2, 0.25) is 0 Å². The predicted molar refractivity (Wildman–Crippen MR) is 60.6 cm³/mol. The molecule has 0 bridgehead atoms. The van der Waals surface area contributed by atoms with Crippen molar-refractivity contribution >= 4 is 11.8 Å². The Kier molecular flexibility index (Phi) is 3.27. The molecule has 0 spiro atoms. The third kappa shape index (κ3) is 2.25. The summed E-state index contributed by atoms with van der Waals surface area (Å²) in [5.41, 5.74) is 1.16. The summed E-state index contributed by atoms with van der Waals surface area (Å²) in [4.78, 5) is 7.11. The number of hydrogen-bond acceptors (Lipinski definition) is 5. The summed E-state index contributed by atoms with van der Waals surface area (Å²) in [6, 6.07) is 5.44. The Labute approximate surface area is 96.9 Å². The van der Waals surface area contributed by atoms with Gasteiger partial charge >= 0.3 is 0 Å². The molecule has 0 aliphatic carbocycles. The van der Waals surface area contributed by atoms with Crippen LogP contribution in [0.1, 0.15) is 18.4 Å². The fraction of sp³-hybridized carbons (Fsp3) is 0.300. The second-order valence-corrected chi connectivity index (χ2v) is 4.32. The van der Waals surface area contributed by atoms with Crippen LogP contribution in [0.15, 0.2) is 16.7 Å². The van der Waals surface area contributed by atoms with Gasteiger partial charge in [-0.3, -0.25) is 0 Å². The van der Waals surface area contributed by atoms with Crippen LogP contribution in [0.2, 0.25) is 0 Å². The summed E-state index contributed by atoms with van der Waals surface area (Å²) in [5.74, 6) is 2.86. The minimum atomic E-state index is 0.424. The lowest BCUT2D eigenvalue weighted by molar-refractivity contribution is 0.424. The molecule has 0 radical (unpaired) electrons. The highest BCUT2D eigenvalue weighted by atomic mass is 32.2. The lowest BCUT2D eigenvalue weighted by Crippen LogP contribution is -1.84. The summed E-state index contributed by atoms with van der Waals surface area (Å²) in [6.45, 7) is 2.08. The van der Waals surface area contributed by atoms with E-state index in [0.29, 0.717) is 23.1 Å². The molecule has 6 heteroatoms. The van der Waals surface area contributed by atoms with Gasteiger partial charge in [-0.15, -0.1) is 0 Å². The third-order valence-electron chi connectivity index (χ3n) is 1.94. The number of aromatic amines is 1. The van der Waals surface area contributed by atoms with Crippen molar-refractivity contribution in [3.05, 3.63) is 23.7 Å². The van der Waals surface area contributed by atoms with Gasteiger partial charge in [0, 0.05) is 0 Å². The van der Waals surface area contributed by atoms with Crippen LogP contribution >= 0.6 is 11.8 Å². The van der Waals surface area contributed by atoms with Gasteiger partial charge < -0.3 is 9.51 Å². The lowest BCUT2D eigenvalue weighted by Gasteiger charge is -1.88. The van der Waals surface area contributed by atoms with E-state index in [4.69, 9.17) is 9.78 Å². The first-order valence-corrected chi connectivity index (χ1v) is 5.98. The highest BCUT2D eigenvalue weighted by molar-refractivity contribution is 7.98. The molecule has 0 fully saturated rings. The number of hydrogen-bond donors (Lipinski definition) is 1. The molecule has 2 aromatic rings. The van der Waals surface area contributed by atoms with Crippen LogP contribution in [0, 0.1) is 11.3 Å². The van der Waals surface area contributed by atoms with Gasteiger partial charge in [-0.05, 0) is 17.9 Å². The standard InChI is InChI=1S/C10H10N4OS/c1-2-16-6-9-13-10(15-14-9)8-4-3-7(5-11)12-8/h3-4,12H,2,6H2,1H3. The lowest BCUT2D eigenvalue weighted by atomic mass is 10.4. The number of rotatable bonds is 4. The SMILES string of the molecule is CCSCc1noc(-c2ccc(C#N)[nH]2)n1. The summed E-state index contributed by atoms with van der Waals surface area (Å²) in [5, 5.41) is 12.5. The molecule has 0 amide bonds. The van der Waals surface area contributed by atoms with Gasteiger partial charge in [-0.25, -0.2) is 0 Å². The first kappa shape index (κ1) is 10.8. The van der Waals surface area contributed by atoms with Crippen LogP contribution in [-0.2, 0) is 5.75 Å². The quantitative estimate of drug-likeness (QED) is 0.877. The smallest absolute Gasteiger partial charge is 0.274 e. The Morgan fingerprint density at radius 2 is 2.44 bits per heavy atom. The molecular weight excluding hydrogens is 224 g/mol. The zero-order chi connectivity index (χ0) is 11.4. The normalized spacial score (nSPS) is 10.2. The molecule has 1 N–H and O–H groups in total. The average molecular weight is 234 g/mol. The number of nitrogens with zero attached hydrogens (tertiary/aromatic N) is 3. The van der Waals surface area contributed by atoms with Crippen molar-refractivity contribution in [3.8, 4) is 17.7 Å². The Balaban J connectivity index is 2.15. The van der Waals surface area contributed by atoms with E-state index in [1.807, 2.05) is 6.07 Å². The third-order valence-corrected chi connectivity index (χ3v) is 2.81. The molecule has 0 saturated heterocycles. The fourth-order valence-electron chi connectivity index (χ4n) is 1.20. The molecule has 0 saturated carbocycles. The molecule has 2 heterocycles. The van der Waals surface area contributed by atoms with E-state index in [-0.39, 0.29) is 0 Å². The van der Waals surface area contributed by atoms with Crippen molar-refractivity contribution in [1.29, 1.82) is 5.26 Å². The maximum Gasteiger partial charge on any atom is 0.274 e. The van der Waals surface area contributed by atoms with E-state index < -0.39 is 0 Å². The van der Waals surface area contributed by atoms with E-state index in [9.17, 15) is 0 Å². The second-order valence-electron chi connectivity index (χ2n) is 3.05. The Morgan fingerprint density at radius 1 is 1.56 bits per heavy atom. The van der Waals surface area contributed by atoms with Crippen molar-refractivity contribution in [1.82, 2.24) is 15.1 Å². The fourth-order valence-corrected chi connectivity index (χ4v) is 1.70. The van der Waals surface area contributed by atoms with E-state index in [1.165, 1.54) is 0 Å². The van der Waals surface area contributed by atoms with Gasteiger partial charge in [0.15, 0.2) is 5.82 Å². The monoisotopic (exact) mass is 234 g/mol. The second kappa shape index (κ2) is 4.86. The van der Waals surface area contributed by atoms with Gasteiger partial charge in [0.05, 0.1) is 5.75 Å². The highest BCUT2D eigenvalue weighted by Crippen LogP contribution is 2.17. The number of H-pyrrole nitrogens is 1. The van der Waals surface area contributed by atoms with Crippen LogP contribution in [0.3, 0.4) is 0 Å². The number of nitriles is 1. The minimum absolute atomic E-state index is 0.424. The largest absolute Gasteiger partial charge is 0.342 e. The first-order chi connectivity index (χ1) is 7.83. The van der Waals surface area contributed by atoms with Crippen LogP contribution < -0.4 is 0 Å². The molecule has 0 aliphatic rings. The molecule has 16 heavy (non-hydrogen) atoms. The molecule has 5 nitrogen and oxygen atoms in total. The highest BCUT2D eigenvalue weighted by Gasteiger charge is 2.10. The maximum atomic E-state index is 8.67. The maximum absolute atomic E-state index is 8.67. The summed E-state index contributed by atoms with van der Waals surface area (Å²) in [7, 11) is 0. The van der Waals surface area contributed by atoms with Crippen molar-refractivity contribution in [2.24, 2.45) is 0 Å². The molecule has 0 aromatic carbocycles. The average Bonchev–Trinajstić information content (AvgIpc) is 2.94. The molecule has 0 aliphatic heterocycles. The van der Waals surface area contributed by atoms with E-state index in [2.05, 4.69) is 22.0 Å². The van der Waals surface area contributed by atoms with Gasteiger partial charge in [0.25, 0.3) is 5.89 Å². The Hall–Kier alpha value is -1.74. The first-order valence-electron chi connectivity index (χ1n) is 4.83. The Bertz CT molecular complexity index is 511. The summed E-state index contributed by atoms with van der Waals surface area (Å²) < 4.78 is 5.09. The summed E-state index contributed by atoms with van der Waals surface area (Å²) in [6.07, 6.45) is 0. The number of aromatic nitrogens is 3. The topological polar surface area (TPSA) is 78.5 Å². The van der Waals surface area contributed by atoms with Crippen molar-refractivity contribution in [2.45, 2.75) is 12.7 Å². The molecule has 82 valence electrons. The van der Waals surface area contributed by atoms with Crippen molar-refractivity contribution < 1.29 is 4.52 Å². The number of nitrogens with one attached hydrogen (secondary N) is 1. The van der Waals surface area contributed by atoms with Gasteiger partial charge in [-0.1, -0.05) is 12.1 Å². The van der Waals surface area contributed by atoms with Crippen LogP contribution in [-0.4, -0.2) is 20.9 Å². The number of thioether (sulfide) groups is 1. The van der Waals surface area contributed by atoms with Crippen LogP contribution in [0.4, 0.5) is 0 Å². The molecule has 0 atom stereocenters. The van der Waals surface area contributed by atoms with E-state index in [1.54, 1.807) is 23.9 Å². The van der Waals surface area contributed by atoms with Gasteiger partial charge in [-0.2, -0.15) is 22.0 Å².